The minimum atomic E-state index is -0.338. The summed E-state index contributed by atoms with van der Waals surface area (Å²) in [4.78, 5) is 24.8. The molecule has 1 atom stereocenters. The molecule has 0 saturated heterocycles. The number of hydrogen-bond donors (Lipinski definition) is 2. The molecule has 0 bridgehead atoms. The average Bonchev–Trinajstić information content (AvgIpc) is 2.50. The summed E-state index contributed by atoms with van der Waals surface area (Å²) < 4.78 is 5.40. The highest BCUT2D eigenvalue weighted by atomic mass is 16.4. The minimum Gasteiger partial charge on any atom is -0.422 e. The van der Waals surface area contributed by atoms with E-state index < -0.39 is 0 Å². The van der Waals surface area contributed by atoms with E-state index in [-0.39, 0.29) is 11.5 Å². The van der Waals surface area contributed by atoms with E-state index in [0.717, 1.165) is 33.5 Å². The first-order valence-electron chi connectivity index (χ1n) is 8.09. The topological polar surface area (TPSA) is 63.8 Å². The molecule has 1 unspecified atom stereocenters. The Morgan fingerprint density at radius 1 is 1.26 bits per heavy atom. The van der Waals surface area contributed by atoms with Gasteiger partial charge in [0.25, 0.3) is 5.91 Å². The Hall–Kier alpha value is -2.14. The number of rotatable bonds is 6. The van der Waals surface area contributed by atoms with Gasteiger partial charge >= 0.3 is 5.63 Å². The summed E-state index contributed by atoms with van der Waals surface area (Å²) >= 11 is 0. The zero-order chi connectivity index (χ0) is 17.0. The van der Waals surface area contributed by atoms with E-state index >= 15 is 0 Å². The maximum absolute atomic E-state index is 11.9. The molecule has 0 fully saturated rings. The molecule has 1 aromatic heterocycles. The maximum atomic E-state index is 11.9. The van der Waals surface area contributed by atoms with Crippen LogP contribution >= 0.6 is 0 Å². The van der Waals surface area contributed by atoms with Crippen LogP contribution in [-0.4, -0.2) is 25.5 Å². The third-order valence-electron chi connectivity index (χ3n) is 4.24. The molecular formula is C18H25N2O3+. The molecule has 124 valence electrons. The normalized spacial score (nSPS) is 12.3. The van der Waals surface area contributed by atoms with Crippen LogP contribution in [0, 0.1) is 13.8 Å². The van der Waals surface area contributed by atoms with Crippen molar-refractivity contribution in [3.63, 3.8) is 0 Å². The molecule has 0 aliphatic rings. The highest BCUT2D eigenvalue weighted by molar-refractivity contribution is 5.83. The van der Waals surface area contributed by atoms with Gasteiger partial charge in [-0.15, -0.1) is 0 Å². The van der Waals surface area contributed by atoms with E-state index in [4.69, 9.17) is 4.42 Å². The Kier molecular flexibility index (Phi) is 5.55. The van der Waals surface area contributed by atoms with Gasteiger partial charge in [-0.2, -0.15) is 0 Å². The SMILES string of the molecule is CCNC(=O)C[NH+](CC)Cc1cc(=O)oc2c(C)c(C)ccc12. The number of benzene rings is 1. The van der Waals surface area contributed by atoms with Crippen LogP contribution in [0.1, 0.15) is 30.5 Å². The van der Waals surface area contributed by atoms with Gasteiger partial charge in [0.05, 0.1) is 6.54 Å². The number of aryl methyl sites for hydroxylation is 2. The van der Waals surface area contributed by atoms with Crippen molar-refractivity contribution in [1.82, 2.24) is 5.32 Å². The number of quaternary nitrogens is 1. The molecular weight excluding hydrogens is 292 g/mol. The lowest BCUT2D eigenvalue weighted by molar-refractivity contribution is -0.904. The van der Waals surface area contributed by atoms with E-state index in [9.17, 15) is 9.59 Å². The predicted octanol–water partition coefficient (Wildman–Crippen LogP) is 0.951. The van der Waals surface area contributed by atoms with Crippen molar-refractivity contribution in [2.45, 2.75) is 34.2 Å². The Balaban J connectivity index is 2.37. The van der Waals surface area contributed by atoms with Crippen LogP contribution < -0.4 is 15.8 Å². The number of carbonyl (C=O) groups excluding carboxylic acids is 1. The molecule has 2 N–H and O–H groups in total. The second-order valence-electron chi connectivity index (χ2n) is 5.89. The third kappa shape index (κ3) is 3.99. The summed E-state index contributed by atoms with van der Waals surface area (Å²) in [6, 6.07) is 5.58. The molecule has 2 aromatic rings. The van der Waals surface area contributed by atoms with Crippen LogP contribution in [-0.2, 0) is 11.3 Å². The van der Waals surface area contributed by atoms with E-state index in [1.54, 1.807) is 6.07 Å². The van der Waals surface area contributed by atoms with Gasteiger partial charge in [-0.1, -0.05) is 12.1 Å². The van der Waals surface area contributed by atoms with E-state index in [0.29, 0.717) is 25.2 Å². The van der Waals surface area contributed by atoms with Crippen LogP contribution in [0.15, 0.2) is 27.4 Å². The predicted molar refractivity (Wildman–Crippen MR) is 90.7 cm³/mol. The maximum Gasteiger partial charge on any atom is 0.336 e. The molecule has 1 heterocycles. The smallest absolute Gasteiger partial charge is 0.336 e. The minimum absolute atomic E-state index is 0.0312. The lowest BCUT2D eigenvalue weighted by atomic mass is 10.0. The van der Waals surface area contributed by atoms with Crippen LogP contribution in [0.25, 0.3) is 11.0 Å². The summed E-state index contributed by atoms with van der Waals surface area (Å²) in [7, 11) is 0. The highest BCUT2D eigenvalue weighted by Gasteiger charge is 2.16. The standard InChI is InChI=1S/C18H24N2O3/c1-5-19-16(21)11-20(6-2)10-14-9-17(22)23-18-13(4)12(3)7-8-15(14)18/h7-9H,5-6,10-11H2,1-4H3,(H,19,21)/p+1. The summed E-state index contributed by atoms with van der Waals surface area (Å²) in [5.74, 6) is 0.0312. The quantitative estimate of drug-likeness (QED) is 0.780. The van der Waals surface area contributed by atoms with Crippen LogP contribution in [0.2, 0.25) is 0 Å². The fourth-order valence-electron chi connectivity index (χ4n) is 2.74. The van der Waals surface area contributed by atoms with Crippen molar-refractivity contribution in [3.8, 4) is 0 Å². The van der Waals surface area contributed by atoms with Gasteiger partial charge in [0.15, 0.2) is 6.54 Å². The zero-order valence-corrected chi connectivity index (χ0v) is 14.3. The van der Waals surface area contributed by atoms with Gasteiger partial charge in [-0.3, -0.25) is 4.79 Å². The van der Waals surface area contributed by atoms with Gasteiger partial charge in [0, 0.05) is 23.6 Å². The molecule has 0 radical (unpaired) electrons. The zero-order valence-electron chi connectivity index (χ0n) is 14.3. The average molecular weight is 317 g/mol. The largest absolute Gasteiger partial charge is 0.422 e. The summed E-state index contributed by atoms with van der Waals surface area (Å²) in [6.45, 7) is 10.4. The molecule has 1 aromatic carbocycles. The third-order valence-corrected chi connectivity index (χ3v) is 4.24. The first-order valence-corrected chi connectivity index (χ1v) is 8.09. The van der Waals surface area contributed by atoms with Crippen molar-refractivity contribution in [2.24, 2.45) is 0 Å². The van der Waals surface area contributed by atoms with Gasteiger partial charge in [-0.05, 0) is 38.8 Å². The van der Waals surface area contributed by atoms with Crippen molar-refractivity contribution in [3.05, 3.63) is 45.3 Å². The highest BCUT2D eigenvalue weighted by Crippen LogP contribution is 2.22. The number of carbonyl (C=O) groups is 1. The fourth-order valence-corrected chi connectivity index (χ4v) is 2.74. The van der Waals surface area contributed by atoms with Crippen molar-refractivity contribution in [1.29, 1.82) is 0 Å². The van der Waals surface area contributed by atoms with E-state index in [1.807, 2.05) is 39.8 Å². The summed E-state index contributed by atoms with van der Waals surface area (Å²) in [5, 5.41) is 3.77. The van der Waals surface area contributed by atoms with Crippen LogP contribution in [0.4, 0.5) is 0 Å². The number of fused-ring (bicyclic) bond motifs is 1. The molecule has 5 nitrogen and oxygen atoms in total. The van der Waals surface area contributed by atoms with Crippen LogP contribution in [0.5, 0.6) is 0 Å². The van der Waals surface area contributed by atoms with E-state index in [2.05, 4.69) is 5.32 Å². The Labute approximate surface area is 136 Å². The number of amides is 1. The Bertz CT molecular complexity index is 765. The van der Waals surface area contributed by atoms with Gasteiger partial charge in [0.2, 0.25) is 0 Å². The lowest BCUT2D eigenvalue weighted by Crippen LogP contribution is -3.11. The summed E-state index contributed by atoms with van der Waals surface area (Å²) in [5.41, 5.74) is 3.33. The number of hydrogen-bond acceptors (Lipinski definition) is 3. The fraction of sp³-hybridized carbons (Fsp3) is 0.444. The van der Waals surface area contributed by atoms with E-state index in [1.165, 1.54) is 0 Å². The molecule has 5 heteroatoms. The lowest BCUT2D eigenvalue weighted by Gasteiger charge is -2.18. The molecule has 1 amide bonds. The van der Waals surface area contributed by atoms with Crippen LogP contribution in [0.3, 0.4) is 0 Å². The van der Waals surface area contributed by atoms with Gasteiger partial charge in [-0.25, -0.2) is 4.79 Å². The van der Waals surface area contributed by atoms with Crippen molar-refractivity contribution in [2.75, 3.05) is 19.6 Å². The Morgan fingerprint density at radius 2 is 2.00 bits per heavy atom. The number of likely N-dealkylation sites (N-methyl/N-ethyl adjacent to an activating group) is 2. The summed E-state index contributed by atoms with van der Waals surface area (Å²) in [6.07, 6.45) is 0. The Morgan fingerprint density at radius 3 is 2.65 bits per heavy atom. The van der Waals surface area contributed by atoms with Gasteiger partial charge in [0.1, 0.15) is 12.1 Å². The molecule has 23 heavy (non-hydrogen) atoms. The van der Waals surface area contributed by atoms with Crippen molar-refractivity contribution >= 4 is 16.9 Å². The van der Waals surface area contributed by atoms with Gasteiger partial charge < -0.3 is 14.6 Å². The monoisotopic (exact) mass is 317 g/mol. The second-order valence-corrected chi connectivity index (χ2v) is 5.89. The van der Waals surface area contributed by atoms with Crippen molar-refractivity contribution < 1.29 is 14.1 Å². The first-order chi connectivity index (χ1) is 11.0. The molecule has 0 aliphatic heterocycles. The second kappa shape index (κ2) is 7.42. The molecule has 0 aliphatic carbocycles. The molecule has 2 rings (SSSR count). The molecule has 0 saturated carbocycles. The molecule has 0 spiro atoms. The first kappa shape index (κ1) is 17.2. The number of nitrogens with one attached hydrogen (secondary N) is 2.